The van der Waals surface area contributed by atoms with Crippen molar-refractivity contribution < 1.29 is 31.9 Å². The van der Waals surface area contributed by atoms with E-state index in [0.717, 1.165) is 25.3 Å². The number of carbonyl (C=O) groups is 2. The van der Waals surface area contributed by atoms with Crippen molar-refractivity contribution in [3.05, 3.63) is 71.0 Å². The fraction of sp³-hybridized carbons (Fsp3) is 0.222. The van der Waals surface area contributed by atoms with Crippen molar-refractivity contribution in [2.24, 2.45) is 0 Å². The highest BCUT2D eigenvalue weighted by atomic mass is 19.4. The minimum absolute atomic E-state index is 0.0667. The van der Waals surface area contributed by atoms with E-state index in [2.05, 4.69) is 10.1 Å². The Bertz CT molecular complexity index is 805. The highest BCUT2D eigenvalue weighted by molar-refractivity contribution is 5.96. The van der Waals surface area contributed by atoms with E-state index in [9.17, 15) is 27.2 Å². The first kappa shape index (κ1) is 19.4. The van der Waals surface area contributed by atoms with Gasteiger partial charge in [-0.05, 0) is 29.8 Å². The first-order valence-electron chi connectivity index (χ1n) is 7.51. The lowest BCUT2D eigenvalue weighted by Gasteiger charge is -2.19. The van der Waals surface area contributed by atoms with Crippen LogP contribution in [-0.4, -0.2) is 25.0 Å². The molecule has 2 rings (SSSR count). The van der Waals surface area contributed by atoms with Gasteiger partial charge in [0.15, 0.2) is 0 Å². The zero-order valence-corrected chi connectivity index (χ0v) is 13.6. The molecule has 26 heavy (non-hydrogen) atoms. The van der Waals surface area contributed by atoms with Crippen molar-refractivity contribution in [3.63, 3.8) is 0 Å². The Balaban J connectivity index is 2.27. The van der Waals surface area contributed by atoms with Crippen LogP contribution in [0.25, 0.3) is 0 Å². The molecule has 2 aromatic carbocycles. The molecule has 0 aliphatic carbocycles. The summed E-state index contributed by atoms with van der Waals surface area (Å²) < 4.78 is 57.1. The fourth-order valence-electron chi connectivity index (χ4n) is 2.40. The standard InChI is InChI=1S/C18H15F4NO3/c1-26-17(25)15(23-16(24)12-6-4-7-13(19)9-12)10-11-5-2-3-8-14(11)18(20,21)22/h2-9,15H,10H2,1H3,(H,23,24)/t15-/m1/s1. The number of hydrogen-bond donors (Lipinski definition) is 1. The summed E-state index contributed by atoms with van der Waals surface area (Å²) >= 11 is 0. The van der Waals surface area contributed by atoms with Crippen LogP contribution in [0.2, 0.25) is 0 Å². The highest BCUT2D eigenvalue weighted by Gasteiger charge is 2.34. The van der Waals surface area contributed by atoms with E-state index < -0.39 is 41.9 Å². The number of rotatable bonds is 5. The Morgan fingerprint density at radius 3 is 2.42 bits per heavy atom. The molecule has 0 unspecified atom stereocenters. The van der Waals surface area contributed by atoms with Gasteiger partial charge >= 0.3 is 12.1 Å². The first-order valence-corrected chi connectivity index (χ1v) is 7.51. The summed E-state index contributed by atoms with van der Waals surface area (Å²) in [7, 11) is 1.05. The summed E-state index contributed by atoms with van der Waals surface area (Å²) in [6.45, 7) is 0. The number of amides is 1. The van der Waals surface area contributed by atoms with E-state index >= 15 is 0 Å². The molecule has 1 amide bonds. The number of carbonyl (C=O) groups excluding carboxylic acids is 2. The summed E-state index contributed by atoms with van der Waals surface area (Å²) in [4.78, 5) is 24.1. The summed E-state index contributed by atoms with van der Waals surface area (Å²) in [6.07, 6.45) is -5.03. The maximum atomic E-state index is 13.2. The molecule has 0 radical (unpaired) electrons. The Morgan fingerprint density at radius 2 is 1.81 bits per heavy atom. The third-order valence-corrected chi connectivity index (χ3v) is 3.62. The Hall–Kier alpha value is -2.90. The second kappa shape index (κ2) is 7.99. The molecule has 0 spiro atoms. The Labute approximate surface area is 146 Å². The maximum Gasteiger partial charge on any atom is 0.416 e. The quantitative estimate of drug-likeness (QED) is 0.650. The molecule has 0 aliphatic heterocycles. The van der Waals surface area contributed by atoms with Gasteiger partial charge in [-0.15, -0.1) is 0 Å². The Kier molecular flexibility index (Phi) is 5.97. The van der Waals surface area contributed by atoms with Gasteiger partial charge in [-0.1, -0.05) is 24.3 Å². The zero-order valence-electron chi connectivity index (χ0n) is 13.6. The van der Waals surface area contributed by atoms with Gasteiger partial charge in [0.1, 0.15) is 11.9 Å². The number of alkyl halides is 3. The summed E-state index contributed by atoms with van der Waals surface area (Å²) in [5.41, 5.74) is -1.15. The second-order valence-electron chi connectivity index (χ2n) is 5.42. The van der Waals surface area contributed by atoms with Crippen molar-refractivity contribution in [1.29, 1.82) is 0 Å². The fourth-order valence-corrected chi connectivity index (χ4v) is 2.40. The molecular formula is C18H15F4NO3. The predicted octanol–water partition coefficient (Wildman–Crippen LogP) is 3.36. The van der Waals surface area contributed by atoms with Crippen LogP contribution in [0.15, 0.2) is 48.5 Å². The topological polar surface area (TPSA) is 55.4 Å². The molecule has 1 N–H and O–H groups in total. The minimum Gasteiger partial charge on any atom is -0.467 e. The van der Waals surface area contributed by atoms with E-state index in [1.165, 1.54) is 30.3 Å². The van der Waals surface area contributed by atoms with Crippen molar-refractivity contribution >= 4 is 11.9 Å². The molecule has 0 bridgehead atoms. The molecule has 8 heteroatoms. The molecule has 0 aliphatic rings. The van der Waals surface area contributed by atoms with Crippen LogP contribution in [-0.2, 0) is 22.1 Å². The number of halogens is 4. The number of nitrogens with one attached hydrogen (secondary N) is 1. The lowest BCUT2D eigenvalue weighted by Crippen LogP contribution is -2.43. The average molecular weight is 369 g/mol. The van der Waals surface area contributed by atoms with Crippen LogP contribution in [0.1, 0.15) is 21.5 Å². The summed E-state index contributed by atoms with van der Waals surface area (Å²) in [6, 6.07) is 8.07. The zero-order chi connectivity index (χ0) is 19.3. The van der Waals surface area contributed by atoms with Crippen LogP contribution in [0, 0.1) is 5.82 Å². The number of ether oxygens (including phenoxy) is 1. The minimum atomic E-state index is -4.61. The molecule has 4 nitrogen and oxygen atoms in total. The molecule has 0 saturated heterocycles. The van der Waals surface area contributed by atoms with Gasteiger partial charge in [0, 0.05) is 12.0 Å². The summed E-state index contributed by atoms with van der Waals surface area (Å²) in [5, 5.41) is 2.29. The number of hydrogen-bond acceptors (Lipinski definition) is 3. The number of benzene rings is 2. The van der Waals surface area contributed by atoms with Crippen molar-refractivity contribution in [2.75, 3.05) is 7.11 Å². The number of esters is 1. The second-order valence-corrected chi connectivity index (χ2v) is 5.42. The van der Waals surface area contributed by atoms with E-state index in [-0.39, 0.29) is 11.1 Å². The SMILES string of the molecule is COC(=O)[C@@H](Cc1ccccc1C(F)(F)F)NC(=O)c1cccc(F)c1. The van der Waals surface area contributed by atoms with Crippen molar-refractivity contribution in [2.45, 2.75) is 18.6 Å². The van der Waals surface area contributed by atoms with Gasteiger partial charge in [0.05, 0.1) is 12.7 Å². The molecule has 0 fully saturated rings. The molecule has 0 saturated carbocycles. The maximum absolute atomic E-state index is 13.2. The largest absolute Gasteiger partial charge is 0.467 e. The van der Waals surface area contributed by atoms with E-state index in [0.29, 0.717) is 0 Å². The monoisotopic (exact) mass is 369 g/mol. The average Bonchev–Trinajstić information content (AvgIpc) is 2.60. The molecule has 138 valence electrons. The molecule has 0 aromatic heterocycles. The molecular weight excluding hydrogens is 354 g/mol. The molecule has 0 heterocycles. The number of methoxy groups -OCH3 is 1. The highest BCUT2D eigenvalue weighted by Crippen LogP contribution is 2.32. The first-order chi connectivity index (χ1) is 12.2. The smallest absolute Gasteiger partial charge is 0.416 e. The Morgan fingerprint density at radius 1 is 1.12 bits per heavy atom. The van der Waals surface area contributed by atoms with E-state index in [1.807, 2.05) is 0 Å². The lowest BCUT2D eigenvalue weighted by atomic mass is 9.99. The summed E-state index contributed by atoms with van der Waals surface area (Å²) in [5.74, 6) is -2.37. The third-order valence-electron chi connectivity index (χ3n) is 3.62. The van der Waals surface area contributed by atoms with Gasteiger partial charge in [0.25, 0.3) is 5.91 Å². The van der Waals surface area contributed by atoms with Gasteiger partial charge in [-0.3, -0.25) is 4.79 Å². The van der Waals surface area contributed by atoms with E-state index in [1.54, 1.807) is 0 Å². The van der Waals surface area contributed by atoms with Gasteiger partial charge in [-0.2, -0.15) is 13.2 Å². The normalized spacial score (nSPS) is 12.3. The predicted molar refractivity (Wildman–Crippen MR) is 84.8 cm³/mol. The van der Waals surface area contributed by atoms with Crippen molar-refractivity contribution in [3.8, 4) is 0 Å². The van der Waals surface area contributed by atoms with Crippen LogP contribution >= 0.6 is 0 Å². The van der Waals surface area contributed by atoms with Gasteiger partial charge < -0.3 is 10.1 Å². The lowest BCUT2D eigenvalue weighted by molar-refractivity contribution is -0.144. The third kappa shape index (κ3) is 4.81. The molecule has 2 aromatic rings. The van der Waals surface area contributed by atoms with E-state index in [4.69, 9.17) is 0 Å². The van der Waals surface area contributed by atoms with Gasteiger partial charge in [0.2, 0.25) is 0 Å². The van der Waals surface area contributed by atoms with Crippen LogP contribution < -0.4 is 5.32 Å². The van der Waals surface area contributed by atoms with Crippen molar-refractivity contribution in [1.82, 2.24) is 5.32 Å². The van der Waals surface area contributed by atoms with Gasteiger partial charge in [-0.25, -0.2) is 9.18 Å². The van der Waals surface area contributed by atoms with Crippen LogP contribution in [0.5, 0.6) is 0 Å². The molecule has 1 atom stereocenters. The van der Waals surface area contributed by atoms with Crippen LogP contribution in [0.4, 0.5) is 17.6 Å². The van der Waals surface area contributed by atoms with Crippen LogP contribution in [0.3, 0.4) is 0 Å².